The lowest BCUT2D eigenvalue weighted by Gasteiger charge is -2.11. The van der Waals surface area contributed by atoms with Gasteiger partial charge < -0.3 is 15.7 Å². The Balaban J connectivity index is 2.42. The van der Waals surface area contributed by atoms with Gasteiger partial charge in [-0.15, -0.1) is 0 Å². The Morgan fingerprint density at radius 1 is 1.53 bits per heavy atom. The summed E-state index contributed by atoms with van der Waals surface area (Å²) >= 11 is 0. The summed E-state index contributed by atoms with van der Waals surface area (Å²) in [5.41, 5.74) is 9.21. The van der Waals surface area contributed by atoms with Crippen LogP contribution in [0.3, 0.4) is 0 Å². The molecule has 1 aliphatic heterocycles. The molecule has 4 heteroatoms. The van der Waals surface area contributed by atoms with Crippen LogP contribution in [-0.2, 0) is 4.65 Å². The van der Waals surface area contributed by atoms with Crippen molar-refractivity contribution in [3.63, 3.8) is 0 Å². The second-order valence-corrected chi connectivity index (χ2v) is 3.86. The molecule has 1 atom stereocenters. The number of benzene rings is 1. The molecule has 0 saturated heterocycles. The number of anilines is 1. The molecule has 0 fully saturated rings. The highest BCUT2D eigenvalue weighted by molar-refractivity contribution is 6.69. The van der Waals surface area contributed by atoms with Crippen LogP contribution >= 0.6 is 0 Å². The van der Waals surface area contributed by atoms with E-state index in [-0.39, 0.29) is 13.0 Å². The van der Waals surface area contributed by atoms with E-state index >= 15 is 0 Å². The zero-order chi connectivity index (χ0) is 10.8. The molecule has 0 aromatic heterocycles. The first-order valence-electron chi connectivity index (χ1n) is 5.50. The SMILES string of the molecule is CC[C@H]1OB(C)c2c(NCN)cccc21. The summed E-state index contributed by atoms with van der Waals surface area (Å²) in [5.74, 6) is 0. The van der Waals surface area contributed by atoms with Gasteiger partial charge in [0.25, 0.3) is 0 Å². The average Bonchev–Trinajstić information content (AvgIpc) is 2.57. The second kappa shape index (κ2) is 4.25. The number of fused-ring (bicyclic) bond motifs is 1. The molecule has 2 rings (SSSR count). The lowest BCUT2D eigenvalue weighted by molar-refractivity contribution is 0.221. The summed E-state index contributed by atoms with van der Waals surface area (Å²) in [6.45, 7) is 4.87. The molecule has 3 N–H and O–H groups in total. The van der Waals surface area contributed by atoms with Gasteiger partial charge in [0.15, 0.2) is 0 Å². The normalized spacial score (nSPS) is 19.1. The van der Waals surface area contributed by atoms with Crippen LogP contribution in [0.25, 0.3) is 0 Å². The van der Waals surface area contributed by atoms with Crippen molar-refractivity contribution in [1.29, 1.82) is 0 Å². The molecule has 1 aromatic rings. The maximum atomic E-state index is 5.89. The van der Waals surface area contributed by atoms with Gasteiger partial charge in [0.2, 0.25) is 0 Å². The number of nitrogens with two attached hydrogens (primary N) is 1. The van der Waals surface area contributed by atoms with Gasteiger partial charge in [-0.2, -0.15) is 0 Å². The molecular formula is C11H17BN2O. The zero-order valence-electron chi connectivity index (χ0n) is 9.29. The van der Waals surface area contributed by atoms with Gasteiger partial charge in [-0.25, -0.2) is 0 Å². The van der Waals surface area contributed by atoms with Crippen LogP contribution in [0.4, 0.5) is 5.69 Å². The smallest absolute Gasteiger partial charge is 0.326 e. The van der Waals surface area contributed by atoms with Crippen LogP contribution in [0, 0.1) is 0 Å². The van der Waals surface area contributed by atoms with Gasteiger partial charge in [0.1, 0.15) is 0 Å². The minimum atomic E-state index is 0.167. The summed E-state index contributed by atoms with van der Waals surface area (Å²) in [6.07, 6.45) is 1.26. The van der Waals surface area contributed by atoms with E-state index < -0.39 is 0 Å². The molecule has 1 aliphatic rings. The second-order valence-electron chi connectivity index (χ2n) is 3.86. The van der Waals surface area contributed by atoms with Crippen LogP contribution in [0.1, 0.15) is 25.0 Å². The van der Waals surface area contributed by atoms with Crippen molar-refractivity contribution in [2.24, 2.45) is 5.73 Å². The van der Waals surface area contributed by atoms with E-state index in [2.05, 4.69) is 37.3 Å². The lowest BCUT2D eigenvalue weighted by atomic mass is 9.63. The maximum absolute atomic E-state index is 5.89. The average molecular weight is 204 g/mol. The highest BCUT2D eigenvalue weighted by Gasteiger charge is 2.32. The van der Waals surface area contributed by atoms with Crippen molar-refractivity contribution in [3.05, 3.63) is 23.8 Å². The number of nitrogens with one attached hydrogen (secondary N) is 1. The third-order valence-corrected chi connectivity index (χ3v) is 2.92. The van der Waals surface area contributed by atoms with Crippen molar-refractivity contribution in [2.75, 3.05) is 12.0 Å². The van der Waals surface area contributed by atoms with E-state index in [1.54, 1.807) is 0 Å². The third kappa shape index (κ3) is 1.75. The molecule has 0 aliphatic carbocycles. The van der Waals surface area contributed by atoms with E-state index in [1.165, 1.54) is 11.0 Å². The van der Waals surface area contributed by atoms with Gasteiger partial charge in [-0.1, -0.05) is 25.9 Å². The molecule has 15 heavy (non-hydrogen) atoms. The lowest BCUT2D eigenvalue weighted by Crippen LogP contribution is -2.29. The van der Waals surface area contributed by atoms with Crippen LogP contribution in [0.15, 0.2) is 18.2 Å². The Labute approximate surface area is 91.1 Å². The number of hydrogen-bond acceptors (Lipinski definition) is 3. The molecular weight excluding hydrogens is 187 g/mol. The minimum Gasteiger partial charge on any atom is -0.424 e. The fourth-order valence-corrected chi connectivity index (χ4v) is 2.29. The summed E-state index contributed by atoms with van der Waals surface area (Å²) in [6, 6.07) is 6.26. The van der Waals surface area contributed by atoms with Crippen molar-refractivity contribution < 1.29 is 4.65 Å². The van der Waals surface area contributed by atoms with E-state index in [4.69, 9.17) is 10.4 Å². The quantitative estimate of drug-likeness (QED) is 0.576. The maximum Gasteiger partial charge on any atom is 0.326 e. The molecule has 0 amide bonds. The van der Waals surface area contributed by atoms with E-state index in [1.807, 2.05) is 0 Å². The standard InChI is InChI=1S/C11H17BN2O/c1-3-10-8-5-4-6-9(14-7-13)11(8)12(2)15-10/h4-6,10,14H,3,7,13H2,1-2H3/t10-/m1/s1. The fraction of sp³-hybridized carbons (Fsp3) is 0.455. The van der Waals surface area contributed by atoms with Gasteiger partial charge >= 0.3 is 6.92 Å². The highest BCUT2D eigenvalue weighted by Crippen LogP contribution is 2.29. The van der Waals surface area contributed by atoms with Crippen LogP contribution in [0.2, 0.25) is 6.82 Å². The van der Waals surface area contributed by atoms with Crippen LogP contribution in [0.5, 0.6) is 0 Å². The molecule has 1 heterocycles. The Morgan fingerprint density at radius 2 is 2.33 bits per heavy atom. The monoisotopic (exact) mass is 204 g/mol. The van der Waals surface area contributed by atoms with Gasteiger partial charge in [-0.3, -0.25) is 0 Å². The van der Waals surface area contributed by atoms with E-state index in [0.29, 0.717) is 6.67 Å². The molecule has 0 radical (unpaired) electrons. The molecule has 1 aromatic carbocycles. The third-order valence-electron chi connectivity index (χ3n) is 2.92. The molecule has 3 nitrogen and oxygen atoms in total. The topological polar surface area (TPSA) is 47.3 Å². The van der Waals surface area contributed by atoms with Crippen molar-refractivity contribution in [2.45, 2.75) is 26.3 Å². The van der Waals surface area contributed by atoms with Crippen molar-refractivity contribution in [3.8, 4) is 0 Å². The Morgan fingerprint density at radius 3 is 3.00 bits per heavy atom. The predicted octanol–water partition coefficient (Wildman–Crippen LogP) is 1.32. The molecule has 0 bridgehead atoms. The molecule has 0 spiro atoms. The predicted molar refractivity (Wildman–Crippen MR) is 64.5 cm³/mol. The van der Waals surface area contributed by atoms with Crippen molar-refractivity contribution in [1.82, 2.24) is 0 Å². The summed E-state index contributed by atoms with van der Waals surface area (Å²) in [7, 11) is 0. The first-order valence-corrected chi connectivity index (χ1v) is 5.50. The number of rotatable bonds is 3. The summed E-state index contributed by atoms with van der Waals surface area (Å²) in [5, 5.41) is 3.18. The van der Waals surface area contributed by atoms with Crippen LogP contribution < -0.4 is 16.5 Å². The first-order chi connectivity index (χ1) is 7.27. The summed E-state index contributed by atoms with van der Waals surface area (Å²) < 4.78 is 5.89. The number of hydrogen-bond donors (Lipinski definition) is 2. The summed E-state index contributed by atoms with van der Waals surface area (Å²) in [4.78, 5) is 0. The minimum absolute atomic E-state index is 0.167. The largest absolute Gasteiger partial charge is 0.424 e. The van der Waals surface area contributed by atoms with Crippen LogP contribution in [-0.4, -0.2) is 13.6 Å². The van der Waals surface area contributed by atoms with Gasteiger partial charge in [-0.05, 0) is 23.5 Å². The van der Waals surface area contributed by atoms with Gasteiger partial charge in [0.05, 0.1) is 12.8 Å². The Hall–Kier alpha value is -0.995. The van der Waals surface area contributed by atoms with Gasteiger partial charge in [0, 0.05) is 5.69 Å². The van der Waals surface area contributed by atoms with E-state index in [9.17, 15) is 0 Å². The zero-order valence-corrected chi connectivity index (χ0v) is 9.29. The van der Waals surface area contributed by atoms with E-state index in [0.717, 1.165) is 12.1 Å². The Kier molecular flexibility index (Phi) is 2.98. The van der Waals surface area contributed by atoms with Crippen molar-refractivity contribution >= 4 is 18.1 Å². The molecule has 0 saturated carbocycles. The molecule has 0 unspecified atom stereocenters. The Bertz CT molecular complexity index is 356. The fourth-order valence-electron chi connectivity index (χ4n) is 2.29. The molecule has 80 valence electrons. The first kappa shape index (κ1) is 10.5. The highest BCUT2D eigenvalue weighted by atomic mass is 16.5.